The van der Waals surface area contributed by atoms with Gasteiger partial charge < -0.3 is 47.5 Å². The van der Waals surface area contributed by atoms with E-state index in [0.29, 0.717) is 71.0 Å². The predicted octanol–water partition coefficient (Wildman–Crippen LogP) is 14.8. The van der Waals surface area contributed by atoms with Crippen molar-refractivity contribution in [1.82, 2.24) is 21.3 Å². The molecule has 4 aromatic rings. The molecule has 0 radical (unpaired) electrons. The number of hydrogen-bond donors (Lipinski definition) is 7. The Kier molecular flexibility index (Phi) is 31.3. The molecule has 99 heavy (non-hydrogen) atoms. The molecule has 17 heteroatoms. The number of carbonyl (C=O) groups excluding carboxylic acids is 5. The van der Waals surface area contributed by atoms with Crippen molar-refractivity contribution in [2.75, 3.05) is 37.6 Å². The lowest BCUT2D eigenvalue weighted by molar-refractivity contribution is -0.438. The Balaban J connectivity index is 0.978. The maximum absolute atomic E-state index is 14.4. The molecule has 0 unspecified atom stereocenters. The van der Waals surface area contributed by atoms with E-state index in [0.717, 1.165) is 113 Å². The normalized spacial score (nSPS) is 16.3. The number of hydrogen-bond acceptors (Lipinski definition) is 9. The van der Waals surface area contributed by atoms with Crippen LogP contribution in [0.25, 0.3) is 0 Å². The van der Waals surface area contributed by atoms with Crippen LogP contribution in [0.1, 0.15) is 218 Å². The number of anilines is 1. The standard InChI is InChI=1S/C82H113N9O8/c1-8-10-25-56-91-71-39-24-22-37-68(71)82(6,7)74(91)49-45-63-32-26-31-62(44-48-73-81(4,5)67-36-21-23-38-70(67)90(73)55-11-9-2)77(63)99-66-46-42-60(43-47-66)51-54-85-78(97)64(33-27-52-86-79(83)84)58-72(93)69(57-61-29-17-16-18-30-61)89-75(94)40-20-15-13-12-14-19-34-65(92)35-28-53-87-80(98)88-59(3)41-50-76(95)96/h16-18,21-24,29-30,36-39,42-49,59,64,69H,8-15,19-20,25-28,31-35,40-41,50-58H2,1-7H3,(H8-,83,84,85,86,87,88,89,94,95,96,97,98)/p+1/t59-,64-,69+/m1/s1. The van der Waals surface area contributed by atoms with Crippen molar-refractivity contribution in [2.45, 2.75) is 232 Å². The van der Waals surface area contributed by atoms with Crippen LogP contribution in [0, 0.1) is 5.92 Å². The second-order valence-electron chi connectivity index (χ2n) is 28.2. The highest BCUT2D eigenvalue weighted by molar-refractivity contribution is 6.03. The Morgan fingerprint density at radius 2 is 1.36 bits per heavy atom. The van der Waals surface area contributed by atoms with Crippen LogP contribution in [-0.2, 0) is 47.6 Å². The first-order chi connectivity index (χ1) is 47.7. The van der Waals surface area contributed by atoms with Gasteiger partial charge in [0.1, 0.15) is 23.8 Å². The fourth-order valence-corrected chi connectivity index (χ4v) is 13.9. The number of nitrogens with one attached hydrogen (secondary N) is 4. The highest BCUT2D eigenvalue weighted by Crippen LogP contribution is 2.48. The number of Topliss-reactive ketones (excluding diaryl/α,β-unsaturated/α-hetero) is 2. The summed E-state index contributed by atoms with van der Waals surface area (Å²) < 4.78 is 9.68. The Labute approximate surface area is 590 Å². The molecule has 0 fully saturated rings. The van der Waals surface area contributed by atoms with Crippen molar-refractivity contribution in [2.24, 2.45) is 22.4 Å². The molecular formula is C82H114N9O8+. The van der Waals surface area contributed by atoms with E-state index >= 15 is 0 Å². The van der Waals surface area contributed by atoms with E-state index in [4.69, 9.17) is 21.3 Å². The number of urea groups is 1. The number of carbonyl (C=O) groups is 6. The van der Waals surface area contributed by atoms with E-state index in [1.807, 2.05) is 42.5 Å². The lowest BCUT2D eigenvalue weighted by atomic mass is 9.81. The molecule has 17 nitrogen and oxygen atoms in total. The van der Waals surface area contributed by atoms with Gasteiger partial charge in [0.2, 0.25) is 17.5 Å². The zero-order valence-corrected chi connectivity index (χ0v) is 60.4. The van der Waals surface area contributed by atoms with Crippen LogP contribution in [0.15, 0.2) is 155 Å². The first kappa shape index (κ1) is 77.7. The van der Waals surface area contributed by atoms with Crippen molar-refractivity contribution in [3.63, 3.8) is 0 Å². The molecule has 0 spiro atoms. The van der Waals surface area contributed by atoms with Gasteiger partial charge in [-0.2, -0.15) is 4.58 Å². The summed E-state index contributed by atoms with van der Waals surface area (Å²) >= 11 is 0. The molecule has 2 aliphatic heterocycles. The smallest absolute Gasteiger partial charge is 0.314 e. The first-order valence-electron chi connectivity index (χ1n) is 36.9. The third-order valence-electron chi connectivity index (χ3n) is 19.6. The van der Waals surface area contributed by atoms with Crippen molar-refractivity contribution in [1.29, 1.82) is 0 Å². The molecule has 1 aliphatic carbocycles. The van der Waals surface area contributed by atoms with E-state index in [9.17, 15) is 28.8 Å². The second kappa shape index (κ2) is 39.9. The fraction of sp³-hybridized carbons (Fsp3) is 0.512. The summed E-state index contributed by atoms with van der Waals surface area (Å²) in [6, 6.07) is 34.0. The predicted molar refractivity (Wildman–Crippen MR) is 400 cm³/mol. The second-order valence-corrected chi connectivity index (χ2v) is 28.2. The number of benzene rings is 4. The number of ether oxygens (including phenoxy) is 1. The van der Waals surface area contributed by atoms with E-state index < -0.39 is 17.9 Å². The Bertz CT molecular complexity index is 3520. The van der Waals surface area contributed by atoms with Crippen LogP contribution < -0.4 is 42.4 Å². The number of allylic oxidation sites excluding steroid dienone is 7. The highest BCUT2D eigenvalue weighted by atomic mass is 16.5. The zero-order valence-electron chi connectivity index (χ0n) is 60.4. The van der Waals surface area contributed by atoms with Gasteiger partial charge in [0.05, 0.1) is 11.5 Å². The number of carboxylic acid groups (broad SMARTS) is 1. The Morgan fingerprint density at radius 1 is 0.677 bits per heavy atom. The van der Waals surface area contributed by atoms with Crippen molar-refractivity contribution in [3.05, 3.63) is 172 Å². The third kappa shape index (κ3) is 24.1. The van der Waals surface area contributed by atoms with Gasteiger partial charge in [-0.25, -0.2) is 4.79 Å². The number of ketones is 2. The van der Waals surface area contributed by atoms with Gasteiger partial charge in [-0.05, 0) is 162 Å². The van der Waals surface area contributed by atoms with E-state index in [2.05, 4.69) is 162 Å². The largest absolute Gasteiger partial charge is 0.481 e. The van der Waals surface area contributed by atoms with Crippen LogP contribution in [-0.4, -0.2) is 102 Å². The molecule has 3 aliphatic rings. The van der Waals surface area contributed by atoms with Crippen LogP contribution in [0.5, 0.6) is 5.75 Å². The number of nitrogens with two attached hydrogens (primary N) is 2. The molecule has 4 amide bonds. The number of carboxylic acids is 1. The summed E-state index contributed by atoms with van der Waals surface area (Å²) in [5.41, 5.74) is 23.1. The maximum atomic E-state index is 14.4. The SMILES string of the molecule is CCCCC[N+]1=C(/C=C/C2=C(Oc3ccc(CCNC(=O)[C@H](CCCN=C(N)N)CC(=O)[C@H](Cc4ccccc4)NC(=O)CCCCCCCCC(=O)CCCNC(=O)N[C@H](C)CCC(=O)O)cc3)C(=C/C=C3/N(CCCC)c4ccccc4C3(C)C)/CCC2)C(C)(C)c2ccccc21. The van der Waals surface area contributed by atoms with Gasteiger partial charge in [0.15, 0.2) is 17.5 Å². The van der Waals surface area contributed by atoms with Gasteiger partial charge in [0, 0.05) is 111 Å². The van der Waals surface area contributed by atoms with Gasteiger partial charge in [-0.1, -0.05) is 151 Å². The average molecular weight is 1350 g/mol. The number of aliphatic imine (C=N–C) groups is 1. The molecule has 3 atom stereocenters. The number of rotatable bonds is 43. The first-order valence-corrected chi connectivity index (χ1v) is 36.9. The molecule has 534 valence electrons. The van der Waals surface area contributed by atoms with Crippen LogP contribution >= 0.6 is 0 Å². The number of para-hydroxylation sites is 2. The van der Waals surface area contributed by atoms with E-state index in [1.54, 1.807) is 6.92 Å². The number of amides is 4. The van der Waals surface area contributed by atoms with Gasteiger partial charge in [-0.15, -0.1) is 0 Å². The number of fused-ring (bicyclic) bond motifs is 2. The van der Waals surface area contributed by atoms with Gasteiger partial charge in [-0.3, -0.25) is 29.0 Å². The summed E-state index contributed by atoms with van der Waals surface area (Å²) in [4.78, 5) is 84.2. The number of unbranched alkanes of at least 4 members (excludes halogenated alkanes) is 8. The molecule has 0 aromatic heterocycles. The van der Waals surface area contributed by atoms with Crippen LogP contribution in [0.3, 0.4) is 0 Å². The average Bonchev–Trinajstić information content (AvgIpc) is 1.61. The highest BCUT2D eigenvalue weighted by Gasteiger charge is 2.44. The topological polar surface area (TPSA) is 251 Å². The Morgan fingerprint density at radius 3 is 2.09 bits per heavy atom. The number of guanidine groups is 1. The number of aliphatic carboxylic acids is 1. The summed E-state index contributed by atoms with van der Waals surface area (Å²) in [7, 11) is 0. The monoisotopic (exact) mass is 1350 g/mol. The molecule has 2 heterocycles. The van der Waals surface area contributed by atoms with E-state index in [1.165, 1.54) is 51.5 Å². The minimum Gasteiger partial charge on any atom is -0.481 e. The van der Waals surface area contributed by atoms with Gasteiger partial charge in [0.25, 0.3) is 0 Å². The molecular weight excluding hydrogens is 1240 g/mol. The van der Waals surface area contributed by atoms with Crippen molar-refractivity contribution < 1.29 is 43.2 Å². The molecule has 0 saturated heterocycles. The summed E-state index contributed by atoms with van der Waals surface area (Å²) in [6.07, 6.45) is 26.3. The molecule has 7 rings (SSSR count). The van der Waals surface area contributed by atoms with E-state index in [-0.39, 0.29) is 77.9 Å². The minimum atomic E-state index is -0.909. The quantitative estimate of drug-likeness (QED) is 0.00950. The molecule has 0 bridgehead atoms. The Hall–Kier alpha value is -8.60. The minimum absolute atomic E-state index is 0.0224. The zero-order chi connectivity index (χ0) is 71.2. The number of nitrogens with zero attached hydrogens (tertiary/aromatic N) is 3. The maximum Gasteiger partial charge on any atom is 0.314 e. The van der Waals surface area contributed by atoms with Crippen LogP contribution in [0.4, 0.5) is 16.2 Å². The van der Waals surface area contributed by atoms with Gasteiger partial charge >= 0.3 is 12.0 Å². The summed E-state index contributed by atoms with van der Waals surface area (Å²) in [5, 5.41) is 20.5. The van der Waals surface area contributed by atoms with Crippen molar-refractivity contribution in [3.8, 4) is 5.75 Å². The molecule has 9 N–H and O–H groups in total. The molecule has 0 saturated carbocycles. The lowest BCUT2D eigenvalue weighted by Gasteiger charge is -2.27. The fourth-order valence-electron chi connectivity index (χ4n) is 13.9. The van der Waals surface area contributed by atoms with Crippen LogP contribution in [0.2, 0.25) is 0 Å². The summed E-state index contributed by atoms with van der Waals surface area (Å²) in [5.74, 6) is -0.558. The summed E-state index contributed by atoms with van der Waals surface area (Å²) in [6.45, 7) is 18.5. The third-order valence-corrected chi connectivity index (χ3v) is 19.6. The van der Waals surface area contributed by atoms with Crippen molar-refractivity contribution >= 4 is 58.4 Å². The lowest BCUT2D eigenvalue weighted by Crippen LogP contribution is -2.44. The molecule has 4 aromatic carbocycles.